The topological polar surface area (TPSA) is 3.24 Å². The molecule has 1 heteroatoms. The Labute approximate surface area is 342 Å². The number of rotatable bonds is 6. The molecule has 0 bridgehead atoms. The van der Waals surface area contributed by atoms with E-state index >= 15 is 0 Å². The molecule has 1 aliphatic carbocycles. The van der Waals surface area contributed by atoms with Crippen molar-refractivity contribution in [2.24, 2.45) is 0 Å². The summed E-state index contributed by atoms with van der Waals surface area (Å²) in [5.74, 6) is 0. The molecule has 0 heterocycles. The molecule has 0 amide bonds. The molecule has 0 saturated heterocycles. The van der Waals surface area contributed by atoms with Crippen LogP contribution in [0.1, 0.15) is 51.3 Å². The molecule has 9 aromatic carbocycles. The van der Waals surface area contributed by atoms with Crippen molar-refractivity contribution in [3.05, 3.63) is 211 Å². The van der Waals surface area contributed by atoms with Crippen molar-refractivity contribution in [2.45, 2.75) is 45.4 Å². The summed E-state index contributed by atoms with van der Waals surface area (Å²) in [6.07, 6.45) is 0. The molecule has 0 unspecified atom stereocenters. The molecular formula is C57H47N. The monoisotopic (exact) mass is 745 g/mol. The maximum atomic E-state index is 2.55. The van der Waals surface area contributed by atoms with Gasteiger partial charge in [-0.3, -0.25) is 0 Å². The Hall–Kier alpha value is -6.70. The van der Waals surface area contributed by atoms with Gasteiger partial charge in [-0.05, 0) is 119 Å². The predicted octanol–water partition coefficient (Wildman–Crippen LogP) is 16.1. The molecule has 0 spiro atoms. The summed E-state index contributed by atoms with van der Waals surface area (Å²) in [5.41, 5.74) is 17.1. The van der Waals surface area contributed by atoms with Crippen LogP contribution in [0.5, 0.6) is 0 Å². The highest BCUT2D eigenvalue weighted by Crippen LogP contribution is 2.54. The summed E-state index contributed by atoms with van der Waals surface area (Å²) >= 11 is 0. The highest BCUT2D eigenvalue weighted by molar-refractivity contribution is 6.09. The minimum atomic E-state index is -0.194. The van der Waals surface area contributed by atoms with Gasteiger partial charge < -0.3 is 4.90 Å². The third kappa shape index (κ3) is 5.93. The highest BCUT2D eigenvalue weighted by atomic mass is 15.1. The Morgan fingerprint density at radius 2 is 0.966 bits per heavy atom. The van der Waals surface area contributed by atoms with Crippen molar-refractivity contribution >= 4 is 38.6 Å². The van der Waals surface area contributed by atoms with Gasteiger partial charge in [-0.2, -0.15) is 0 Å². The fraction of sp³-hybridized carbons (Fsp3) is 0.123. The Bertz CT molecular complexity index is 3000. The van der Waals surface area contributed by atoms with Crippen LogP contribution in [0.25, 0.3) is 66.1 Å². The van der Waals surface area contributed by atoms with Gasteiger partial charge in [0.15, 0.2) is 0 Å². The van der Waals surface area contributed by atoms with E-state index in [4.69, 9.17) is 0 Å². The van der Waals surface area contributed by atoms with Crippen molar-refractivity contribution in [3.8, 4) is 44.5 Å². The standard InChI is InChI=1S/C57H47N/c1-56(2,3)43-29-33-53(49(36-43)39-20-10-7-11-21-39)58(44-30-31-47-50-34-41-23-12-13-24-42(41)35-51(50)57(4,5)52(47)37-44)54-32-28-40-22-14-15-26-46(40)55(54)48-27-17-16-25-45(48)38-18-8-6-9-19-38/h6-37H,1-5H3. The molecule has 0 atom stereocenters. The lowest BCUT2D eigenvalue weighted by atomic mass is 9.81. The van der Waals surface area contributed by atoms with E-state index in [0.717, 1.165) is 17.1 Å². The fourth-order valence-electron chi connectivity index (χ4n) is 9.30. The number of benzene rings is 9. The number of hydrogen-bond donors (Lipinski definition) is 0. The summed E-state index contributed by atoms with van der Waals surface area (Å²) in [5, 5.41) is 5.00. The first-order chi connectivity index (χ1) is 28.2. The lowest BCUT2D eigenvalue weighted by molar-refractivity contribution is 0.590. The molecule has 1 aliphatic rings. The first-order valence-electron chi connectivity index (χ1n) is 20.5. The number of fused-ring (bicyclic) bond motifs is 5. The van der Waals surface area contributed by atoms with Crippen LogP contribution in [-0.4, -0.2) is 0 Å². The minimum Gasteiger partial charge on any atom is -0.309 e. The van der Waals surface area contributed by atoms with Gasteiger partial charge in [-0.25, -0.2) is 0 Å². The van der Waals surface area contributed by atoms with E-state index in [-0.39, 0.29) is 10.8 Å². The van der Waals surface area contributed by atoms with Crippen LogP contribution in [0.2, 0.25) is 0 Å². The van der Waals surface area contributed by atoms with Gasteiger partial charge in [-0.1, -0.05) is 186 Å². The van der Waals surface area contributed by atoms with E-state index in [1.54, 1.807) is 0 Å². The van der Waals surface area contributed by atoms with Gasteiger partial charge >= 0.3 is 0 Å². The third-order valence-corrected chi connectivity index (χ3v) is 12.4. The molecule has 0 saturated carbocycles. The zero-order valence-corrected chi connectivity index (χ0v) is 33.9. The Balaban J connectivity index is 1.29. The SMILES string of the molecule is CC(C)(C)c1ccc(N(c2ccc3c(c2)C(C)(C)c2cc4ccccc4cc2-3)c2ccc3ccccc3c2-c2ccccc2-c2ccccc2)c(-c2ccccc2)c1. The smallest absolute Gasteiger partial charge is 0.0546 e. The normalized spacial score (nSPS) is 13.1. The number of hydrogen-bond acceptors (Lipinski definition) is 1. The fourth-order valence-corrected chi connectivity index (χ4v) is 9.30. The lowest BCUT2D eigenvalue weighted by Gasteiger charge is -2.33. The van der Waals surface area contributed by atoms with Crippen molar-refractivity contribution in [1.29, 1.82) is 0 Å². The Morgan fingerprint density at radius 1 is 0.397 bits per heavy atom. The second-order valence-corrected chi connectivity index (χ2v) is 17.4. The van der Waals surface area contributed by atoms with Crippen LogP contribution < -0.4 is 4.90 Å². The lowest BCUT2D eigenvalue weighted by Crippen LogP contribution is -2.18. The van der Waals surface area contributed by atoms with Crippen LogP contribution in [0.15, 0.2) is 194 Å². The molecule has 1 nitrogen and oxygen atoms in total. The first kappa shape index (κ1) is 35.7. The van der Waals surface area contributed by atoms with Crippen molar-refractivity contribution < 1.29 is 0 Å². The van der Waals surface area contributed by atoms with Crippen LogP contribution in [0.3, 0.4) is 0 Å². The minimum absolute atomic E-state index is 0.0253. The summed E-state index contributed by atoms with van der Waals surface area (Å²) in [7, 11) is 0. The van der Waals surface area contributed by atoms with Gasteiger partial charge in [0.25, 0.3) is 0 Å². The summed E-state index contributed by atoms with van der Waals surface area (Å²) in [4.78, 5) is 2.55. The van der Waals surface area contributed by atoms with Crippen LogP contribution in [0.4, 0.5) is 17.1 Å². The molecule has 9 aromatic rings. The average molecular weight is 746 g/mol. The van der Waals surface area contributed by atoms with Gasteiger partial charge in [0, 0.05) is 22.2 Å². The predicted molar refractivity (Wildman–Crippen MR) is 249 cm³/mol. The molecule has 0 N–H and O–H groups in total. The Kier molecular flexibility index (Phi) is 8.46. The quantitative estimate of drug-likeness (QED) is 0.164. The van der Waals surface area contributed by atoms with Crippen LogP contribution in [0, 0.1) is 0 Å². The molecule has 0 radical (unpaired) electrons. The maximum absolute atomic E-state index is 2.55. The molecule has 0 aliphatic heterocycles. The van der Waals surface area contributed by atoms with Crippen LogP contribution in [-0.2, 0) is 10.8 Å². The zero-order chi connectivity index (χ0) is 39.6. The van der Waals surface area contributed by atoms with E-state index in [1.807, 2.05) is 0 Å². The second kappa shape index (κ2) is 13.7. The third-order valence-electron chi connectivity index (χ3n) is 12.4. The molecule has 0 fully saturated rings. The molecule has 280 valence electrons. The molecule has 10 rings (SSSR count). The van der Waals surface area contributed by atoms with E-state index in [1.165, 1.54) is 82.7 Å². The van der Waals surface area contributed by atoms with Crippen molar-refractivity contribution in [3.63, 3.8) is 0 Å². The van der Waals surface area contributed by atoms with E-state index < -0.39 is 0 Å². The van der Waals surface area contributed by atoms with E-state index in [0.29, 0.717) is 0 Å². The zero-order valence-electron chi connectivity index (χ0n) is 33.9. The summed E-state index contributed by atoms with van der Waals surface area (Å²) in [6, 6.07) is 72.1. The second-order valence-electron chi connectivity index (χ2n) is 17.4. The van der Waals surface area contributed by atoms with E-state index in [2.05, 4.69) is 234 Å². The van der Waals surface area contributed by atoms with Gasteiger partial charge in [0.05, 0.1) is 11.4 Å². The van der Waals surface area contributed by atoms with Gasteiger partial charge in [0.2, 0.25) is 0 Å². The number of nitrogens with zero attached hydrogens (tertiary/aromatic N) is 1. The maximum Gasteiger partial charge on any atom is 0.0546 e. The molecule has 58 heavy (non-hydrogen) atoms. The van der Waals surface area contributed by atoms with Gasteiger partial charge in [0.1, 0.15) is 0 Å². The molecule has 0 aromatic heterocycles. The largest absolute Gasteiger partial charge is 0.309 e. The van der Waals surface area contributed by atoms with Crippen molar-refractivity contribution in [1.82, 2.24) is 0 Å². The average Bonchev–Trinajstić information content (AvgIpc) is 3.47. The highest BCUT2D eigenvalue weighted by Gasteiger charge is 2.37. The molecular weight excluding hydrogens is 699 g/mol. The summed E-state index contributed by atoms with van der Waals surface area (Å²) in [6.45, 7) is 11.7. The number of anilines is 3. The summed E-state index contributed by atoms with van der Waals surface area (Å²) < 4.78 is 0. The Morgan fingerprint density at radius 3 is 1.67 bits per heavy atom. The first-order valence-corrected chi connectivity index (χ1v) is 20.5. The van der Waals surface area contributed by atoms with Crippen molar-refractivity contribution in [2.75, 3.05) is 4.90 Å². The van der Waals surface area contributed by atoms with Gasteiger partial charge in [-0.15, -0.1) is 0 Å². The van der Waals surface area contributed by atoms with E-state index in [9.17, 15) is 0 Å². The van der Waals surface area contributed by atoms with Crippen LogP contribution >= 0.6 is 0 Å².